The lowest BCUT2D eigenvalue weighted by Gasteiger charge is -2.24. The molecule has 0 radical (unpaired) electrons. The van der Waals surface area contributed by atoms with Crippen LogP contribution in [0.3, 0.4) is 0 Å². The molecule has 0 heterocycles. The lowest BCUT2D eigenvalue weighted by atomic mass is 9.89. The van der Waals surface area contributed by atoms with Crippen LogP contribution in [0.15, 0.2) is 49.6 Å². The molecule has 41 heavy (non-hydrogen) atoms. The van der Waals surface area contributed by atoms with Gasteiger partial charge in [0, 0.05) is 17.5 Å². The molecule has 0 saturated heterocycles. The largest absolute Gasteiger partial charge is 0.493 e. The number of allylic oxidation sites excluding steroid dienone is 1. The Kier molecular flexibility index (Phi) is 10.4. The van der Waals surface area contributed by atoms with E-state index in [1.54, 1.807) is 13.0 Å². The summed E-state index contributed by atoms with van der Waals surface area (Å²) < 4.78 is 27.7. The van der Waals surface area contributed by atoms with E-state index < -0.39 is 29.8 Å². The summed E-state index contributed by atoms with van der Waals surface area (Å²) >= 11 is 0. The van der Waals surface area contributed by atoms with Gasteiger partial charge in [0.05, 0.1) is 25.7 Å². The number of amides is 1. The number of carbonyl (C=O) groups is 2. The summed E-state index contributed by atoms with van der Waals surface area (Å²) in [6, 6.07) is 6.87. The molecule has 2 aliphatic carbocycles. The number of hydrogen-bond acceptors (Lipinski definition) is 5. The Balaban J connectivity index is 1.81. The molecule has 2 atom stereocenters. The lowest BCUT2D eigenvalue weighted by molar-refractivity contribution is -0.144. The first kappa shape index (κ1) is 30.5. The number of rotatable bonds is 16. The highest BCUT2D eigenvalue weighted by Gasteiger charge is 2.33. The highest BCUT2D eigenvalue weighted by Crippen LogP contribution is 2.48. The number of nitrogens with one attached hydrogen (secondary N) is 1. The molecule has 6 nitrogen and oxygen atoms in total. The molecule has 1 amide bonds. The first-order valence-corrected chi connectivity index (χ1v) is 14.7. The van der Waals surface area contributed by atoms with Crippen molar-refractivity contribution in [2.45, 2.75) is 89.2 Å². The summed E-state index contributed by atoms with van der Waals surface area (Å²) in [5.41, 5.74) is 4.69. The van der Waals surface area contributed by atoms with E-state index in [0.29, 0.717) is 18.1 Å². The van der Waals surface area contributed by atoms with Gasteiger partial charge in [-0.2, -0.15) is 0 Å². The lowest BCUT2D eigenvalue weighted by Crippen LogP contribution is -2.38. The van der Waals surface area contributed by atoms with Gasteiger partial charge in [-0.15, -0.1) is 13.2 Å². The van der Waals surface area contributed by atoms with Crippen LogP contribution < -0.4 is 10.1 Å². The van der Waals surface area contributed by atoms with Crippen molar-refractivity contribution in [3.05, 3.63) is 77.6 Å². The van der Waals surface area contributed by atoms with E-state index in [-0.39, 0.29) is 30.9 Å². The maximum Gasteiger partial charge on any atom is 0.308 e. The first-order valence-electron chi connectivity index (χ1n) is 14.7. The third-order valence-electron chi connectivity index (χ3n) is 7.68. The minimum atomic E-state index is -1.36. The Bertz CT molecular complexity index is 1280. The van der Waals surface area contributed by atoms with Crippen molar-refractivity contribution >= 4 is 11.9 Å². The molecule has 2 saturated carbocycles. The zero-order valence-electron chi connectivity index (χ0n) is 24.2. The number of hydrogen-bond donors (Lipinski definition) is 2. The van der Waals surface area contributed by atoms with Gasteiger partial charge in [-0.25, -0.2) is 4.39 Å². The molecular formula is C34H42FNO5. The van der Waals surface area contributed by atoms with Crippen LogP contribution in [-0.2, 0) is 14.3 Å². The number of unbranched alkanes of at least 4 members (excludes halogenated alkanes) is 1. The van der Waals surface area contributed by atoms with Gasteiger partial charge >= 0.3 is 5.97 Å². The summed E-state index contributed by atoms with van der Waals surface area (Å²) in [6.45, 7) is 11.8. The molecule has 4 rings (SSSR count). The van der Waals surface area contributed by atoms with Gasteiger partial charge in [0.1, 0.15) is 17.7 Å². The van der Waals surface area contributed by atoms with Crippen LogP contribution in [0.5, 0.6) is 5.75 Å². The number of carbonyl (C=O) groups excluding carboxylic acids is 2. The minimum Gasteiger partial charge on any atom is -0.493 e. The molecule has 0 aliphatic heterocycles. The van der Waals surface area contributed by atoms with Gasteiger partial charge in [0.15, 0.2) is 0 Å². The predicted octanol–water partition coefficient (Wildman–Crippen LogP) is 6.95. The number of halogens is 1. The van der Waals surface area contributed by atoms with E-state index in [9.17, 15) is 14.7 Å². The molecule has 0 bridgehead atoms. The van der Waals surface area contributed by atoms with E-state index in [0.717, 1.165) is 61.0 Å². The highest BCUT2D eigenvalue weighted by atomic mass is 19.1. The van der Waals surface area contributed by atoms with Crippen molar-refractivity contribution in [3.8, 4) is 16.9 Å². The van der Waals surface area contributed by atoms with E-state index in [1.165, 1.54) is 11.6 Å². The zero-order valence-corrected chi connectivity index (χ0v) is 24.2. The van der Waals surface area contributed by atoms with E-state index in [2.05, 4.69) is 30.6 Å². The molecule has 2 N–H and O–H groups in total. The second kappa shape index (κ2) is 13.9. The smallest absolute Gasteiger partial charge is 0.308 e. The molecular weight excluding hydrogens is 521 g/mol. The second-order valence-corrected chi connectivity index (χ2v) is 11.1. The van der Waals surface area contributed by atoms with E-state index >= 15 is 4.39 Å². The number of aryl methyl sites for hydroxylation is 1. The van der Waals surface area contributed by atoms with Gasteiger partial charge in [-0.05, 0) is 105 Å². The second-order valence-electron chi connectivity index (χ2n) is 11.1. The van der Waals surface area contributed by atoms with Crippen molar-refractivity contribution in [2.75, 3.05) is 13.2 Å². The van der Waals surface area contributed by atoms with Crippen LogP contribution in [0.4, 0.5) is 4.39 Å². The Hall–Kier alpha value is -3.45. The SMILES string of the molecule is C=CCCCOc1cc(C2CC2)cc(C)c1-c1cc(C2CC2)c(F)c([C@H](CC(=O)OCC)NC(=O)[C@H](O)CC=C)c1. The van der Waals surface area contributed by atoms with Crippen molar-refractivity contribution < 1.29 is 28.6 Å². The number of aliphatic hydroxyl groups is 1. The van der Waals surface area contributed by atoms with Crippen LogP contribution in [0.1, 0.15) is 98.4 Å². The quantitative estimate of drug-likeness (QED) is 0.131. The molecule has 0 aromatic heterocycles. The monoisotopic (exact) mass is 563 g/mol. The van der Waals surface area contributed by atoms with Gasteiger partial charge in [0.2, 0.25) is 5.91 Å². The number of benzene rings is 2. The van der Waals surface area contributed by atoms with Crippen LogP contribution in [0.2, 0.25) is 0 Å². The molecule has 220 valence electrons. The number of aliphatic hydroxyl groups excluding tert-OH is 1. The van der Waals surface area contributed by atoms with Crippen molar-refractivity contribution in [1.82, 2.24) is 5.32 Å². The average molecular weight is 564 g/mol. The standard InChI is InChI=1S/C34H42FNO5/c1-5-8-9-15-41-30-19-24(22-11-12-22)16-21(4)32(30)25-17-26(23-13-14-23)33(35)27(18-25)28(20-31(38)40-7-3)36-34(39)29(37)10-6-2/h5-6,16-19,22-23,28-29,37H,1-2,7-15,20H2,3-4H3,(H,36,39)/t28-,29+/m0/s1. The molecule has 2 aromatic rings. The third-order valence-corrected chi connectivity index (χ3v) is 7.68. The Morgan fingerprint density at radius 3 is 2.49 bits per heavy atom. The Morgan fingerprint density at radius 2 is 1.85 bits per heavy atom. The fourth-order valence-corrected chi connectivity index (χ4v) is 5.25. The third kappa shape index (κ3) is 7.85. The highest BCUT2D eigenvalue weighted by molar-refractivity contribution is 5.82. The summed E-state index contributed by atoms with van der Waals surface area (Å²) in [5, 5.41) is 13.0. The van der Waals surface area contributed by atoms with Crippen molar-refractivity contribution in [1.29, 1.82) is 0 Å². The molecule has 0 unspecified atom stereocenters. The van der Waals surface area contributed by atoms with Crippen molar-refractivity contribution in [2.24, 2.45) is 0 Å². The number of ether oxygens (including phenoxy) is 2. The van der Waals surface area contributed by atoms with Crippen molar-refractivity contribution in [3.63, 3.8) is 0 Å². The fraction of sp³-hybridized carbons (Fsp3) is 0.471. The summed E-state index contributed by atoms with van der Waals surface area (Å²) in [4.78, 5) is 25.4. The summed E-state index contributed by atoms with van der Waals surface area (Å²) in [7, 11) is 0. The zero-order chi connectivity index (χ0) is 29.5. The average Bonchev–Trinajstić information content (AvgIpc) is 3.85. The van der Waals surface area contributed by atoms with Crippen LogP contribution in [0.25, 0.3) is 11.1 Å². The first-order chi connectivity index (χ1) is 19.8. The number of esters is 1. The predicted molar refractivity (Wildman–Crippen MR) is 158 cm³/mol. The minimum absolute atomic E-state index is 0.0346. The molecule has 2 aromatic carbocycles. The Morgan fingerprint density at radius 1 is 1.12 bits per heavy atom. The van der Waals surface area contributed by atoms with E-state index in [1.807, 2.05) is 19.1 Å². The molecule has 7 heteroatoms. The van der Waals surface area contributed by atoms with Gasteiger partial charge < -0.3 is 19.9 Å². The summed E-state index contributed by atoms with van der Waals surface area (Å²) in [5.74, 6) is -0.345. The maximum absolute atomic E-state index is 16.2. The van der Waals surface area contributed by atoms with Crippen LogP contribution >= 0.6 is 0 Å². The topological polar surface area (TPSA) is 84.9 Å². The van der Waals surface area contributed by atoms with Gasteiger partial charge in [-0.1, -0.05) is 18.2 Å². The fourth-order valence-electron chi connectivity index (χ4n) is 5.25. The Labute approximate surface area is 242 Å². The van der Waals surface area contributed by atoms with E-state index in [4.69, 9.17) is 9.47 Å². The maximum atomic E-state index is 16.2. The van der Waals surface area contributed by atoms with Gasteiger partial charge in [-0.3, -0.25) is 9.59 Å². The molecule has 0 spiro atoms. The van der Waals surface area contributed by atoms with Crippen LogP contribution in [0, 0.1) is 12.7 Å². The van der Waals surface area contributed by atoms with Gasteiger partial charge in [0.25, 0.3) is 0 Å². The van der Waals surface area contributed by atoms with Crippen LogP contribution in [-0.4, -0.2) is 36.3 Å². The summed E-state index contributed by atoms with van der Waals surface area (Å²) in [6.07, 6.45) is 7.45. The molecule has 2 fully saturated rings. The normalized spacial score (nSPS) is 16.0. The molecule has 2 aliphatic rings.